The number of esters is 2. The van der Waals surface area contributed by atoms with Crippen LogP contribution < -0.4 is 14.8 Å². The van der Waals surface area contributed by atoms with Crippen LogP contribution in [0.25, 0.3) is 0 Å². The largest absolute Gasteiger partial charge is 0.497 e. The lowest BCUT2D eigenvalue weighted by Gasteiger charge is -2.28. The standard InChI is InChI=1S/C20H32N2O7S.C15H24N2O5S/c1-14-11-16(27-7)12-15(2)18(14)30(25,26)21(6)9-10-22(13-17(23)28-8)19(24)29-20(3,4)5;1-11-8-13(21-4)9-12(2)15(11)23(19,20)17(3)7-6-16-10-14(18)22-5/h11-12H,9-10,13H2,1-8H3;8-9,16H,6-7,10H2,1-5H3. The number of sulfonamides is 2. The molecular weight excluding hydrogens is 733 g/mol. The van der Waals surface area contributed by atoms with E-state index in [9.17, 15) is 31.2 Å². The molecule has 300 valence electrons. The van der Waals surface area contributed by atoms with Gasteiger partial charge in [0.05, 0.1) is 44.8 Å². The molecule has 0 bridgehead atoms. The number of hydrogen-bond donors (Lipinski definition) is 1. The van der Waals surface area contributed by atoms with Gasteiger partial charge < -0.3 is 29.0 Å². The van der Waals surface area contributed by atoms with E-state index < -0.39 is 43.7 Å². The number of carbonyl (C=O) groups is 3. The van der Waals surface area contributed by atoms with E-state index in [-0.39, 0.29) is 42.5 Å². The molecule has 0 saturated carbocycles. The number of methoxy groups -OCH3 is 4. The van der Waals surface area contributed by atoms with Gasteiger partial charge >= 0.3 is 18.0 Å². The Morgan fingerprint density at radius 3 is 1.42 bits per heavy atom. The van der Waals surface area contributed by atoms with Gasteiger partial charge in [0.2, 0.25) is 20.0 Å². The zero-order valence-electron chi connectivity index (χ0n) is 33.1. The number of rotatable bonds is 16. The molecule has 16 nitrogen and oxygen atoms in total. The molecule has 2 aromatic rings. The van der Waals surface area contributed by atoms with Crippen LogP contribution in [0.2, 0.25) is 0 Å². The summed E-state index contributed by atoms with van der Waals surface area (Å²) in [5, 5.41) is 2.84. The van der Waals surface area contributed by atoms with Crippen molar-refractivity contribution in [1.82, 2.24) is 18.8 Å². The Hall–Kier alpha value is -3.97. The smallest absolute Gasteiger partial charge is 0.410 e. The molecule has 1 N–H and O–H groups in total. The lowest BCUT2D eigenvalue weighted by atomic mass is 10.1. The highest BCUT2D eigenvalue weighted by Crippen LogP contribution is 2.29. The van der Waals surface area contributed by atoms with E-state index >= 15 is 0 Å². The molecule has 0 aliphatic carbocycles. The van der Waals surface area contributed by atoms with Crippen molar-refractivity contribution >= 4 is 38.1 Å². The molecule has 0 spiro atoms. The van der Waals surface area contributed by atoms with Gasteiger partial charge in [-0.3, -0.25) is 14.5 Å². The second-order valence-electron chi connectivity index (χ2n) is 13.1. The summed E-state index contributed by atoms with van der Waals surface area (Å²) in [4.78, 5) is 36.7. The minimum Gasteiger partial charge on any atom is -0.497 e. The molecule has 0 unspecified atom stereocenters. The maximum atomic E-state index is 13.1. The van der Waals surface area contributed by atoms with E-state index in [2.05, 4.69) is 14.8 Å². The van der Waals surface area contributed by atoms with Crippen LogP contribution >= 0.6 is 0 Å². The van der Waals surface area contributed by atoms with Gasteiger partial charge in [0.15, 0.2) is 0 Å². The Morgan fingerprint density at radius 2 is 1.06 bits per heavy atom. The van der Waals surface area contributed by atoms with Crippen molar-refractivity contribution in [3.63, 3.8) is 0 Å². The molecule has 0 aliphatic heterocycles. The zero-order valence-corrected chi connectivity index (χ0v) is 34.7. The molecule has 0 aromatic heterocycles. The first-order chi connectivity index (χ1) is 24.5. The van der Waals surface area contributed by atoms with Crippen molar-refractivity contribution in [3.8, 4) is 11.5 Å². The number of nitrogens with one attached hydrogen (secondary N) is 1. The van der Waals surface area contributed by atoms with Crippen LogP contribution in [-0.4, -0.2) is 136 Å². The summed E-state index contributed by atoms with van der Waals surface area (Å²) in [6.45, 7) is 12.2. The minimum absolute atomic E-state index is 0.0382. The third-order valence-corrected chi connectivity index (χ3v) is 12.0. The molecule has 0 radical (unpaired) electrons. The van der Waals surface area contributed by atoms with Crippen molar-refractivity contribution in [2.45, 2.75) is 63.9 Å². The topological polar surface area (TPSA) is 187 Å². The number of likely N-dealkylation sites (N-methyl/N-ethyl adjacent to an activating group) is 2. The highest BCUT2D eigenvalue weighted by Gasteiger charge is 2.29. The Kier molecular flexibility index (Phi) is 18.2. The van der Waals surface area contributed by atoms with Gasteiger partial charge in [-0.05, 0) is 95.0 Å². The molecule has 0 aliphatic rings. The summed E-state index contributed by atoms with van der Waals surface area (Å²) in [5.41, 5.74) is 1.61. The van der Waals surface area contributed by atoms with Gasteiger partial charge in [-0.15, -0.1) is 0 Å². The maximum Gasteiger partial charge on any atom is 0.410 e. The average molecular weight is 789 g/mol. The number of benzene rings is 2. The first-order valence-electron chi connectivity index (χ1n) is 16.5. The van der Waals surface area contributed by atoms with E-state index in [0.29, 0.717) is 40.3 Å². The molecule has 0 atom stereocenters. The van der Waals surface area contributed by atoms with Crippen molar-refractivity contribution in [2.75, 3.05) is 81.8 Å². The fraction of sp³-hybridized carbons (Fsp3) is 0.571. The molecule has 53 heavy (non-hydrogen) atoms. The number of amides is 1. The van der Waals surface area contributed by atoms with Crippen LogP contribution in [0.1, 0.15) is 43.0 Å². The fourth-order valence-corrected chi connectivity index (χ4v) is 8.11. The zero-order chi connectivity index (χ0) is 40.9. The number of aryl methyl sites for hydroxylation is 4. The minimum atomic E-state index is -3.83. The quantitative estimate of drug-likeness (QED) is 0.149. The summed E-state index contributed by atoms with van der Waals surface area (Å²) < 4.78 is 78.9. The SMILES string of the molecule is COC(=O)CN(CCN(C)S(=O)(=O)c1c(C)cc(OC)cc1C)C(=O)OC(C)(C)C.COC(=O)CNCCN(C)S(=O)(=O)c1c(C)cc(OC)cc1C. The van der Waals surface area contributed by atoms with E-state index in [1.54, 1.807) is 79.8 Å². The van der Waals surface area contributed by atoms with E-state index in [4.69, 9.17) is 14.2 Å². The summed E-state index contributed by atoms with van der Waals surface area (Å²) in [5.74, 6) is 0.174. The Labute approximate surface area is 314 Å². The fourth-order valence-electron chi connectivity index (χ4n) is 4.97. The lowest BCUT2D eigenvalue weighted by molar-refractivity contribution is -0.142. The average Bonchev–Trinajstić information content (AvgIpc) is 3.06. The molecule has 0 heterocycles. The molecule has 0 fully saturated rings. The highest BCUT2D eigenvalue weighted by molar-refractivity contribution is 7.89. The van der Waals surface area contributed by atoms with Crippen LogP contribution in [0.4, 0.5) is 4.79 Å². The van der Waals surface area contributed by atoms with Crippen LogP contribution in [0.5, 0.6) is 11.5 Å². The first kappa shape index (κ1) is 47.1. The Morgan fingerprint density at radius 1 is 0.660 bits per heavy atom. The van der Waals surface area contributed by atoms with Gasteiger partial charge in [0, 0.05) is 40.3 Å². The second-order valence-corrected chi connectivity index (χ2v) is 17.0. The predicted molar refractivity (Wildman–Crippen MR) is 199 cm³/mol. The van der Waals surface area contributed by atoms with Crippen molar-refractivity contribution in [2.24, 2.45) is 0 Å². The van der Waals surface area contributed by atoms with Gasteiger partial charge in [-0.1, -0.05) is 0 Å². The molecule has 1 amide bonds. The van der Waals surface area contributed by atoms with Gasteiger partial charge in [0.25, 0.3) is 0 Å². The van der Waals surface area contributed by atoms with Gasteiger partial charge in [0.1, 0.15) is 23.6 Å². The van der Waals surface area contributed by atoms with E-state index in [1.165, 1.54) is 39.7 Å². The van der Waals surface area contributed by atoms with Crippen LogP contribution in [0, 0.1) is 27.7 Å². The summed E-state index contributed by atoms with van der Waals surface area (Å²) in [6, 6.07) is 6.70. The molecule has 0 saturated heterocycles. The maximum absolute atomic E-state index is 13.1. The normalized spacial score (nSPS) is 11.8. The molecule has 2 aromatic carbocycles. The molecular formula is C35H56N4O12S2. The molecule has 2 rings (SSSR count). The number of carbonyl (C=O) groups excluding carboxylic acids is 3. The third-order valence-electron chi connectivity index (χ3n) is 7.66. The van der Waals surface area contributed by atoms with E-state index in [1.807, 2.05) is 0 Å². The number of hydrogen-bond acceptors (Lipinski definition) is 13. The third kappa shape index (κ3) is 14.1. The number of nitrogens with zero attached hydrogens (tertiary/aromatic N) is 3. The van der Waals surface area contributed by atoms with Gasteiger partial charge in [-0.25, -0.2) is 21.6 Å². The van der Waals surface area contributed by atoms with Crippen molar-refractivity contribution in [1.29, 1.82) is 0 Å². The summed E-state index contributed by atoms with van der Waals surface area (Å²) >= 11 is 0. The first-order valence-corrected chi connectivity index (χ1v) is 19.4. The monoisotopic (exact) mass is 788 g/mol. The summed E-state index contributed by atoms with van der Waals surface area (Å²) in [6.07, 6.45) is -0.726. The second kappa shape index (κ2) is 20.5. The Bertz CT molecular complexity index is 1750. The van der Waals surface area contributed by atoms with Crippen LogP contribution in [-0.2, 0) is 43.8 Å². The molecule has 18 heteroatoms. The predicted octanol–water partition coefficient (Wildman–Crippen LogP) is 3.04. The summed E-state index contributed by atoms with van der Waals surface area (Å²) in [7, 11) is 1.06. The van der Waals surface area contributed by atoms with Gasteiger partial charge in [-0.2, -0.15) is 8.61 Å². The van der Waals surface area contributed by atoms with Crippen LogP contribution in [0.15, 0.2) is 34.1 Å². The number of ether oxygens (including phenoxy) is 5. The van der Waals surface area contributed by atoms with Crippen molar-refractivity contribution < 1.29 is 54.9 Å². The van der Waals surface area contributed by atoms with E-state index in [0.717, 1.165) is 9.21 Å². The highest BCUT2D eigenvalue weighted by atomic mass is 32.2. The van der Waals surface area contributed by atoms with Crippen molar-refractivity contribution in [3.05, 3.63) is 46.5 Å². The Balaban J connectivity index is 0.000000549. The lowest BCUT2D eigenvalue weighted by Crippen LogP contribution is -2.44. The van der Waals surface area contributed by atoms with Crippen LogP contribution in [0.3, 0.4) is 0 Å².